The van der Waals surface area contributed by atoms with E-state index < -0.39 is 79.1 Å². The maximum absolute atomic E-state index is 12.6. The third-order valence-corrected chi connectivity index (χ3v) is 5.28. The zero-order valence-corrected chi connectivity index (χ0v) is 19.3. The second-order valence-corrected chi connectivity index (χ2v) is 7.85. The molecule has 0 aromatic carbocycles. The van der Waals surface area contributed by atoms with Crippen molar-refractivity contribution in [3.05, 3.63) is 0 Å². The van der Waals surface area contributed by atoms with Crippen LogP contribution in [0.15, 0.2) is 0 Å². The van der Waals surface area contributed by atoms with Gasteiger partial charge in [-0.15, -0.1) is 0 Å². The lowest BCUT2D eigenvalue weighted by Gasteiger charge is -2.25. The highest BCUT2D eigenvalue weighted by atomic mass is 32.1. The Balaban J connectivity index is 5.38. The molecule has 14 heteroatoms. The predicted molar refractivity (Wildman–Crippen MR) is 118 cm³/mol. The van der Waals surface area contributed by atoms with Gasteiger partial charge >= 0.3 is 17.9 Å². The number of carbonyl (C=O) groups is 6. The van der Waals surface area contributed by atoms with Gasteiger partial charge in [-0.05, 0) is 18.8 Å². The quantitative estimate of drug-likeness (QED) is 0.117. The lowest BCUT2D eigenvalue weighted by Crippen LogP contribution is -2.58. The summed E-state index contributed by atoms with van der Waals surface area (Å²) in [5.41, 5.74) is 5.84. The molecule has 13 nitrogen and oxygen atoms in total. The van der Waals surface area contributed by atoms with Gasteiger partial charge in [0.1, 0.15) is 18.1 Å². The van der Waals surface area contributed by atoms with Gasteiger partial charge in [-0.25, -0.2) is 4.79 Å². The fraction of sp³-hybridized carbons (Fsp3) is 0.684. The first-order valence-corrected chi connectivity index (χ1v) is 10.9. The SMILES string of the molecule is CCC(C)C(N)C(=O)NC(CS)C(=O)NC(CCC(=O)O)C(=O)NC(CCC(=O)O)C(=O)O. The Morgan fingerprint density at radius 2 is 1.21 bits per heavy atom. The lowest BCUT2D eigenvalue weighted by atomic mass is 9.99. The molecule has 5 unspecified atom stereocenters. The number of hydrogen-bond donors (Lipinski definition) is 8. The van der Waals surface area contributed by atoms with E-state index in [4.69, 9.17) is 15.9 Å². The first-order chi connectivity index (χ1) is 15.3. The third kappa shape index (κ3) is 11.5. The Kier molecular flexibility index (Phi) is 13.7. The molecule has 3 amide bonds. The van der Waals surface area contributed by atoms with E-state index in [2.05, 4.69) is 28.6 Å². The van der Waals surface area contributed by atoms with E-state index in [-0.39, 0.29) is 18.1 Å². The molecule has 8 N–H and O–H groups in total. The van der Waals surface area contributed by atoms with Gasteiger partial charge in [-0.3, -0.25) is 24.0 Å². The fourth-order valence-electron chi connectivity index (χ4n) is 2.58. The van der Waals surface area contributed by atoms with Gasteiger partial charge in [-0.2, -0.15) is 12.6 Å². The van der Waals surface area contributed by atoms with Gasteiger partial charge in [-0.1, -0.05) is 20.3 Å². The summed E-state index contributed by atoms with van der Waals surface area (Å²) in [6.45, 7) is 3.60. The first kappa shape index (κ1) is 30.1. The Morgan fingerprint density at radius 3 is 1.64 bits per heavy atom. The molecule has 0 aromatic heterocycles. The highest BCUT2D eigenvalue weighted by Crippen LogP contribution is 2.07. The van der Waals surface area contributed by atoms with Crippen molar-refractivity contribution in [3.63, 3.8) is 0 Å². The van der Waals surface area contributed by atoms with Gasteiger partial charge in [0.05, 0.1) is 6.04 Å². The van der Waals surface area contributed by atoms with Gasteiger partial charge in [0.15, 0.2) is 0 Å². The van der Waals surface area contributed by atoms with Gasteiger partial charge in [0.2, 0.25) is 17.7 Å². The van der Waals surface area contributed by atoms with Gasteiger partial charge in [0, 0.05) is 18.6 Å². The summed E-state index contributed by atoms with van der Waals surface area (Å²) in [7, 11) is 0. The Morgan fingerprint density at radius 1 is 0.788 bits per heavy atom. The normalized spacial score (nSPS) is 15.3. The molecular formula is C19H32N4O9S. The lowest BCUT2D eigenvalue weighted by molar-refractivity contribution is -0.144. The number of carboxylic acids is 3. The van der Waals surface area contributed by atoms with E-state index in [0.717, 1.165) is 0 Å². The summed E-state index contributed by atoms with van der Waals surface area (Å²) in [6.07, 6.45) is -1.23. The molecule has 0 heterocycles. The minimum absolute atomic E-state index is 0.158. The number of hydrogen-bond acceptors (Lipinski definition) is 8. The second kappa shape index (κ2) is 15.1. The average molecular weight is 493 g/mol. The first-order valence-electron chi connectivity index (χ1n) is 10.3. The molecule has 0 aromatic rings. The van der Waals surface area contributed by atoms with Crippen molar-refractivity contribution >= 4 is 48.3 Å². The molecule has 0 aliphatic rings. The van der Waals surface area contributed by atoms with Crippen molar-refractivity contribution in [2.75, 3.05) is 5.75 Å². The van der Waals surface area contributed by atoms with Crippen molar-refractivity contribution < 1.29 is 44.1 Å². The summed E-state index contributed by atoms with van der Waals surface area (Å²) in [5, 5.41) is 33.7. The summed E-state index contributed by atoms with van der Waals surface area (Å²) in [6, 6.07) is -5.10. The monoisotopic (exact) mass is 492 g/mol. The van der Waals surface area contributed by atoms with Crippen LogP contribution in [0, 0.1) is 5.92 Å². The molecular weight excluding hydrogens is 460 g/mol. The number of aliphatic carboxylic acids is 3. The largest absolute Gasteiger partial charge is 0.481 e. The molecule has 188 valence electrons. The average Bonchev–Trinajstić information content (AvgIpc) is 2.75. The molecule has 33 heavy (non-hydrogen) atoms. The van der Waals surface area contributed by atoms with Crippen LogP contribution in [0.3, 0.4) is 0 Å². The van der Waals surface area contributed by atoms with Crippen molar-refractivity contribution in [2.45, 2.75) is 70.1 Å². The van der Waals surface area contributed by atoms with Crippen LogP contribution < -0.4 is 21.7 Å². The van der Waals surface area contributed by atoms with Crippen molar-refractivity contribution in [2.24, 2.45) is 11.7 Å². The minimum Gasteiger partial charge on any atom is -0.481 e. The van der Waals surface area contributed by atoms with Crippen LogP contribution in [-0.4, -0.2) is 80.9 Å². The number of thiol groups is 1. The predicted octanol–water partition coefficient (Wildman–Crippen LogP) is -1.44. The third-order valence-electron chi connectivity index (χ3n) is 4.92. The van der Waals surface area contributed by atoms with Crippen molar-refractivity contribution in [3.8, 4) is 0 Å². The van der Waals surface area contributed by atoms with Gasteiger partial charge < -0.3 is 37.0 Å². The molecule has 0 bridgehead atoms. The van der Waals surface area contributed by atoms with Crippen LogP contribution in [0.1, 0.15) is 46.0 Å². The number of amides is 3. The van der Waals surface area contributed by atoms with E-state index in [9.17, 15) is 33.9 Å². The topological polar surface area (TPSA) is 225 Å². The number of nitrogens with two attached hydrogens (primary N) is 1. The summed E-state index contributed by atoms with van der Waals surface area (Å²) >= 11 is 4.02. The summed E-state index contributed by atoms with van der Waals surface area (Å²) in [5.74, 6) is -6.82. The van der Waals surface area contributed by atoms with E-state index in [0.29, 0.717) is 6.42 Å². The van der Waals surface area contributed by atoms with Crippen LogP contribution in [0.4, 0.5) is 0 Å². The number of nitrogens with one attached hydrogen (secondary N) is 3. The second-order valence-electron chi connectivity index (χ2n) is 7.48. The fourth-order valence-corrected chi connectivity index (χ4v) is 2.84. The molecule has 0 rings (SSSR count). The van der Waals surface area contributed by atoms with E-state index in [1.807, 2.05) is 6.92 Å². The maximum Gasteiger partial charge on any atom is 0.326 e. The van der Waals surface area contributed by atoms with Crippen LogP contribution in [0.5, 0.6) is 0 Å². The van der Waals surface area contributed by atoms with Crippen LogP contribution >= 0.6 is 12.6 Å². The van der Waals surface area contributed by atoms with E-state index >= 15 is 0 Å². The molecule has 0 spiro atoms. The molecule has 0 radical (unpaired) electrons. The number of carboxylic acid groups (broad SMARTS) is 3. The number of rotatable bonds is 16. The summed E-state index contributed by atoms with van der Waals surface area (Å²) < 4.78 is 0. The smallest absolute Gasteiger partial charge is 0.326 e. The molecule has 0 saturated carbocycles. The van der Waals surface area contributed by atoms with Crippen LogP contribution in [-0.2, 0) is 28.8 Å². The van der Waals surface area contributed by atoms with Crippen LogP contribution in [0.25, 0.3) is 0 Å². The standard InChI is InChI=1S/C19H32N4O9S/c1-3-9(2)15(20)18(30)23-12(8-33)17(29)21-10(4-6-13(24)25)16(28)22-11(19(31)32)5-7-14(26)27/h9-12,15,33H,3-8,20H2,1-2H3,(H,21,29)(H,22,28)(H,23,30)(H,24,25)(H,26,27)(H,31,32). The molecule has 0 saturated heterocycles. The van der Waals surface area contributed by atoms with Gasteiger partial charge in [0.25, 0.3) is 0 Å². The minimum atomic E-state index is -1.56. The molecule has 0 aliphatic carbocycles. The number of carbonyl (C=O) groups excluding carboxylic acids is 3. The Bertz CT molecular complexity index is 734. The highest BCUT2D eigenvalue weighted by molar-refractivity contribution is 7.80. The molecule has 0 aliphatic heterocycles. The van der Waals surface area contributed by atoms with Crippen molar-refractivity contribution in [1.29, 1.82) is 0 Å². The Hall–Kier alpha value is -2.87. The molecule has 5 atom stereocenters. The maximum atomic E-state index is 12.6. The zero-order valence-electron chi connectivity index (χ0n) is 18.4. The summed E-state index contributed by atoms with van der Waals surface area (Å²) in [4.78, 5) is 70.4. The Labute approximate surface area is 196 Å². The van der Waals surface area contributed by atoms with Crippen molar-refractivity contribution in [1.82, 2.24) is 16.0 Å². The van der Waals surface area contributed by atoms with E-state index in [1.54, 1.807) is 6.92 Å². The van der Waals surface area contributed by atoms with E-state index in [1.165, 1.54) is 0 Å². The van der Waals surface area contributed by atoms with Crippen LogP contribution in [0.2, 0.25) is 0 Å². The molecule has 0 fully saturated rings. The highest BCUT2D eigenvalue weighted by Gasteiger charge is 2.31. The zero-order chi connectivity index (χ0) is 25.7.